The van der Waals surface area contributed by atoms with Gasteiger partial charge >= 0.3 is 0 Å². The van der Waals surface area contributed by atoms with Crippen LogP contribution in [0.3, 0.4) is 0 Å². The maximum absolute atomic E-state index is 13.5. The van der Waals surface area contributed by atoms with Crippen LogP contribution in [0, 0.1) is 6.92 Å². The first-order valence-electron chi connectivity index (χ1n) is 10.7. The third-order valence-corrected chi connectivity index (χ3v) is 7.41. The monoisotopic (exact) mass is 469 g/mol. The van der Waals surface area contributed by atoms with Crippen molar-refractivity contribution in [2.24, 2.45) is 0 Å². The van der Waals surface area contributed by atoms with Gasteiger partial charge in [-0.25, -0.2) is 18.4 Å². The predicted octanol–water partition coefficient (Wildman–Crippen LogP) is 3.38. The molecule has 0 spiro atoms. The molecule has 0 unspecified atom stereocenters. The topological polar surface area (TPSA) is 109 Å². The summed E-state index contributed by atoms with van der Waals surface area (Å²) in [5, 5.41) is 7.55. The Labute approximate surface area is 193 Å². The molecule has 0 aliphatic carbocycles. The van der Waals surface area contributed by atoms with Crippen LogP contribution in [0.15, 0.2) is 43.2 Å². The third-order valence-electron chi connectivity index (χ3n) is 5.37. The van der Waals surface area contributed by atoms with E-state index < -0.39 is 21.2 Å². The van der Waals surface area contributed by atoms with Gasteiger partial charge in [-0.05, 0) is 45.4 Å². The maximum Gasteiger partial charge on any atom is 0.172 e. The van der Waals surface area contributed by atoms with Crippen LogP contribution in [0.1, 0.15) is 44.1 Å². The number of benzene rings is 1. The van der Waals surface area contributed by atoms with E-state index in [9.17, 15) is 8.42 Å². The minimum absolute atomic E-state index is 0.195. The molecule has 3 aromatic rings. The molecule has 0 saturated carbocycles. The molecule has 33 heavy (non-hydrogen) atoms. The van der Waals surface area contributed by atoms with Crippen molar-refractivity contribution in [2.75, 3.05) is 6.61 Å². The molecule has 0 bridgehead atoms. The van der Waals surface area contributed by atoms with E-state index in [1.807, 2.05) is 45.0 Å². The zero-order chi connectivity index (χ0) is 23.8. The first-order valence-corrected chi connectivity index (χ1v) is 12.4. The molecule has 1 aromatic carbocycles. The number of sulfone groups is 1. The molecular weight excluding hydrogens is 442 g/mol. The molecule has 0 amide bonds. The summed E-state index contributed by atoms with van der Waals surface area (Å²) in [4.78, 5) is 8.64. The van der Waals surface area contributed by atoms with E-state index in [0.29, 0.717) is 23.1 Å². The zero-order valence-corrected chi connectivity index (χ0v) is 19.9. The Balaban J connectivity index is 1.68. The normalized spacial score (nSPS) is 15.4. The van der Waals surface area contributed by atoms with Crippen LogP contribution in [0.5, 0.6) is 5.75 Å². The van der Waals surface area contributed by atoms with Crippen molar-refractivity contribution in [2.45, 2.75) is 50.9 Å². The van der Waals surface area contributed by atoms with Crippen LogP contribution in [0.25, 0.3) is 17.1 Å². The van der Waals surface area contributed by atoms with Gasteiger partial charge in [-0.2, -0.15) is 0 Å². The van der Waals surface area contributed by atoms with Crippen LogP contribution < -0.4 is 4.74 Å². The number of hydrogen-bond donors (Lipinski definition) is 0. The number of nitrogens with zero attached hydrogens (tertiary/aromatic N) is 5. The largest absolute Gasteiger partial charge is 0.487 e. The van der Waals surface area contributed by atoms with Gasteiger partial charge in [0, 0.05) is 12.4 Å². The van der Waals surface area contributed by atoms with Gasteiger partial charge in [0.25, 0.3) is 0 Å². The van der Waals surface area contributed by atoms with Crippen molar-refractivity contribution in [3.05, 3.63) is 60.5 Å². The van der Waals surface area contributed by atoms with Crippen LogP contribution in [0.2, 0.25) is 0 Å². The summed E-state index contributed by atoms with van der Waals surface area (Å²) in [6.45, 7) is 11.4. The van der Waals surface area contributed by atoms with Gasteiger partial charge in [-0.1, -0.05) is 18.7 Å². The highest BCUT2D eigenvalue weighted by Crippen LogP contribution is 2.35. The smallest absolute Gasteiger partial charge is 0.172 e. The van der Waals surface area contributed by atoms with Gasteiger partial charge in [0.05, 0.1) is 22.6 Å². The molecule has 174 valence electrons. The number of para-hydroxylation sites is 1. The van der Waals surface area contributed by atoms with Crippen molar-refractivity contribution in [1.29, 1.82) is 0 Å². The maximum atomic E-state index is 13.5. The standard InChI is InChI=1S/C23H27N5O4S/c1-14(2)32-21(22-24-10-15(3)11-25-22)17(5)33(29,30)13-20-26-27-23-18-8-6-7-9-19(18)31-12-16(4)28(20)23/h6-11,14,17,21H,4,12-13H2,1-3,5H3/t17-,21+/m0/s1. The number of fused-ring (bicyclic) bond motifs is 3. The summed E-state index contributed by atoms with van der Waals surface area (Å²) >= 11 is 0. The lowest BCUT2D eigenvalue weighted by Crippen LogP contribution is -2.32. The lowest BCUT2D eigenvalue weighted by Gasteiger charge is -2.25. The summed E-state index contributed by atoms with van der Waals surface area (Å²) in [5.41, 5.74) is 2.17. The summed E-state index contributed by atoms with van der Waals surface area (Å²) in [6.07, 6.45) is 2.26. The Kier molecular flexibility index (Phi) is 6.31. The molecule has 0 fully saturated rings. The summed E-state index contributed by atoms with van der Waals surface area (Å²) in [6, 6.07) is 7.42. The molecule has 2 atom stereocenters. The average molecular weight is 470 g/mol. The second-order valence-electron chi connectivity index (χ2n) is 8.36. The molecule has 0 saturated heterocycles. The highest BCUT2D eigenvalue weighted by Gasteiger charge is 2.36. The fourth-order valence-corrected chi connectivity index (χ4v) is 5.02. The summed E-state index contributed by atoms with van der Waals surface area (Å²) in [5.74, 6) is 1.41. The molecule has 0 radical (unpaired) electrons. The summed E-state index contributed by atoms with van der Waals surface area (Å²) in [7, 11) is -3.74. The summed E-state index contributed by atoms with van der Waals surface area (Å²) < 4.78 is 40.4. The van der Waals surface area contributed by atoms with E-state index >= 15 is 0 Å². The van der Waals surface area contributed by atoms with E-state index in [1.165, 1.54) is 0 Å². The highest BCUT2D eigenvalue weighted by molar-refractivity contribution is 7.91. The Morgan fingerprint density at radius 1 is 1.15 bits per heavy atom. The second-order valence-corrected chi connectivity index (χ2v) is 10.7. The third kappa shape index (κ3) is 4.67. The molecule has 9 nitrogen and oxygen atoms in total. The SMILES string of the molecule is C=C1COc2ccccc2-c2nnc(CS(=O)(=O)[C@@H](C)[C@@H](OC(C)C)c3ncc(C)cn3)n21. The zero-order valence-electron chi connectivity index (χ0n) is 19.1. The molecule has 2 aromatic heterocycles. The van der Waals surface area contributed by atoms with Crippen LogP contribution >= 0.6 is 0 Å². The molecule has 3 heterocycles. The van der Waals surface area contributed by atoms with Crippen LogP contribution in [0.4, 0.5) is 0 Å². The predicted molar refractivity (Wildman–Crippen MR) is 124 cm³/mol. The van der Waals surface area contributed by atoms with Gasteiger partial charge in [-0.3, -0.25) is 4.57 Å². The van der Waals surface area contributed by atoms with Gasteiger partial charge in [-0.15, -0.1) is 10.2 Å². The quantitative estimate of drug-likeness (QED) is 0.518. The first-order chi connectivity index (χ1) is 15.7. The van der Waals surface area contributed by atoms with Crippen LogP contribution in [-0.2, 0) is 20.3 Å². The number of hydrogen-bond acceptors (Lipinski definition) is 8. The Morgan fingerprint density at radius 2 is 1.85 bits per heavy atom. The molecule has 1 aliphatic rings. The van der Waals surface area contributed by atoms with Gasteiger partial charge in [0.1, 0.15) is 24.2 Å². The number of ether oxygens (including phenoxy) is 2. The number of aryl methyl sites for hydroxylation is 1. The first kappa shape index (κ1) is 23.1. The second kappa shape index (κ2) is 9.03. The Bertz CT molecular complexity index is 1270. The highest BCUT2D eigenvalue weighted by atomic mass is 32.2. The lowest BCUT2D eigenvalue weighted by molar-refractivity contribution is 0.00141. The van der Waals surface area contributed by atoms with E-state index in [2.05, 4.69) is 26.7 Å². The average Bonchev–Trinajstić information content (AvgIpc) is 3.12. The van der Waals surface area contributed by atoms with E-state index in [0.717, 1.165) is 11.1 Å². The fourth-order valence-electron chi connectivity index (χ4n) is 3.64. The lowest BCUT2D eigenvalue weighted by atomic mass is 10.2. The fraction of sp³-hybridized carbons (Fsp3) is 0.391. The van der Waals surface area contributed by atoms with Crippen molar-refractivity contribution >= 4 is 15.5 Å². The number of aromatic nitrogens is 5. The van der Waals surface area contributed by atoms with Gasteiger partial charge < -0.3 is 9.47 Å². The Hall–Kier alpha value is -3.11. The minimum atomic E-state index is -3.74. The van der Waals surface area contributed by atoms with E-state index in [1.54, 1.807) is 23.9 Å². The molecule has 1 aliphatic heterocycles. The van der Waals surface area contributed by atoms with E-state index in [4.69, 9.17) is 9.47 Å². The number of rotatable bonds is 7. The minimum Gasteiger partial charge on any atom is -0.487 e. The molecule has 4 rings (SSSR count). The molecule has 0 N–H and O–H groups in total. The van der Waals surface area contributed by atoms with Gasteiger partial charge in [0.15, 0.2) is 27.3 Å². The van der Waals surface area contributed by atoms with Crippen molar-refractivity contribution in [3.63, 3.8) is 0 Å². The molecular formula is C23H27N5O4S. The van der Waals surface area contributed by atoms with Crippen molar-refractivity contribution in [1.82, 2.24) is 24.7 Å². The van der Waals surface area contributed by atoms with Crippen molar-refractivity contribution < 1.29 is 17.9 Å². The Morgan fingerprint density at radius 3 is 2.55 bits per heavy atom. The van der Waals surface area contributed by atoms with Crippen LogP contribution in [-0.4, -0.2) is 51.1 Å². The van der Waals surface area contributed by atoms with Gasteiger partial charge in [0.2, 0.25) is 0 Å². The van der Waals surface area contributed by atoms with Crippen molar-refractivity contribution in [3.8, 4) is 17.1 Å². The molecule has 10 heteroatoms. The van der Waals surface area contributed by atoms with E-state index in [-0.39, 0.29) is 24.3 Å².